The molecule has 2 aromatic heterocycles. The third-order valence-electron chi connectivity index (χ3n) is 4.45. The van der Waals surface area contributed by atoms with Crippen LogP contribution in [0.15, 0.2) is 69.9 Å². The first-order chi connectivity index (χ1) is 13.2. The van der Waals surface area contributed by atoms with Gasteiger partial charge in [0.05, 0.1) is 12.5 Å². The monoisotopic (exact) mass is 362 g/mol. The molecule has 0 fully saturated rings. The van der Waals surface area contributed by atoms with E-state index in [4.69, 9.17) is 8.83 Å². The number of hydrogen-bond acceptors (Lipinski definition) is 4. The molecule has 0 radical (unpaired) electrons. The first-order valence-electron chi connectivity index (χ1n) is 8.66. The van der Waals surface area contributed by atoms with E-state index in [0.717, 1.165) is 12.0 Å². The summed E-state index contributed by atoms with van der Waals surface area (Å²) in [6, 6.07) is 12.7. The van der Waals surface area contributed by atoms with E-state index in [0.29, 0.717) is 30.3 Å². The van der Waals surface area contributed by atoms with Crippen molar-refractivity contribution in [1.29, 1.82) is 0 Å². The molecule has 0 saturated carbocycles. The largest absolute Gasteiger partial charge is 0.465 e. The van der Waals surface area contributed by atoms with E-state index in [2.05, 4.69) is 5.32 Å². The highest BCUT2D eigenvalue weighted by Crippen LogP contribution is 2.24. The standard InChI is InChI=1S/C21H18N2O4/c24-20(8-7-18-3-1-11-26-18)22-17-6-5-15-9-10-23(14-16(15)13-17)21(25)19-4-2-12-27-19/h1-8,11-13H,9-10,14H2,(H,22,24)/b8-7+. The van der Waals surface area contributed by atoms with Crippen LogP contribution in [0.1, 0.15) is 27.4 Å². The molecule has 3 aromatic rings. The van der Waals surface area contributed by atoms with Gasteiger partial charge in [-0.05, 0) is 60.0 Å². The van der Waals surface area contributed by atoms with Gasteiger partial charge in [0, 0.05) is 24.9 Å². The predicted octanol–water partition coefficient (Wildman–Crippen LogP) is 3.72. The lowest BCUT2D eigenvalue weighted by atomic mass is 9.99. The summed E-state index contributed by atoms with van der Waals surface area (Å²) >= 11 is 0. The second-order valence-electron chi connectivity index (χ2n) is 6.28. The van der Waals surface area contributed by atoms with Gasteiger partial charge in [-0.1, -0.05) is 6.07 Å². The Labute approximate surface area is 156 Å². The van der Waals surface area contributed by atoms with Gasteiger partial charge in [0.2, 0.25) is 5.91 Å². The number of benzene rings is 1. The Morgan fingerprint density at radius 3 is 2.67 bits per heavy atom. The normalized spacial score (nSPS) is 13.6. The molecule has 6 nitrogen and oxygen atoms in total. The molecule has 0 atom stereocenters. The van der Waals surface area contributed by atoms with E-state index < -0.39 is 0 Å². The maximum atomic E-state index is 12.5. The van der Waals surface area contributed by atoms with E-state index >= 15 is 0 Å². The molecule has 6 heteroatoms. The summed E-state index contributed by atoms with van der Waals surface area (Å²) in [7, 11) is 0. The summed E-state index contributed by atoms with van der Waals surface area (Å²) in [5, 5.41) is 2.84. The number of carbonyl (C=O) groups is 2. The van der Waals surface area contributed by atoms with Crippen molar-refractivity contribution >= 4 is 23.6 Å². The van der Waals surface area contributed by atoms with Crippen molar-refractivity contribution in [3.8, 4) is 0 Å². The Hall–Kier alpha value is -3.54. The molecule has 0 aliphatic carbocycles. The summed E-state index contributed by atoms with van der Waals surface area (Å²) in [5.41, 5.74) is 2.90. The Morgan fingerprint density at radius 1 is 1.04 bits per heavy atom. The van der Waals surface area contributed by atoms with Crippen LogP contribution in [0.2, 0.25) is 0 Å². The SMILES string of the molecule is O=C(/C=C/c1ccco1)Nc1ccc2c(c1)CN(C(=O)c1ccco1)CC2. The molecule has 27 heavy (non-hydrogen) atoms. The smallest absolute Gasteiger partial charge is 0.289 e. The lowest BCUT2D eigenvalue weighted by Crippen LogP contribution is -2.35. The van der Waals surface area contributed by atoms with Crippen molar-refractivity contribution in [3.05, 3.63) is 83.7 Å². The highest BCUT2D eigenvalue weighted by molar-refractivity contribution is 6.01. The number of nitrogens with zero attached hydrogens (tertiary/aromatic N) is 1. The number of nitrogens with one attached hydrogen (secondary N) is 1. The average molecular weight is 362 g/mol. The molecule has 2 amide bonds. The van der Waals surface area contributed by atoms with E-state index in [1.165, 1.54) is 17.9 Å². The number of anilines is 1. The number of rotatable bonds is 4. The summed E-state index contributed by atoms with van der Waals surface area (Å²) in [6.45, 7) is 1.13. The Bertz CT molecular complexity index is 972. The second kappa shape index (κ2) is 7.37. The summed E-state index contributed by atoms with van der Waals surface area (Å²) in [4.78, 5) is 26.3. The van der Waals surface area contributed by atoms with Crippen LogP contribution in [0.3, 0.4) is 0 Å². The molecule has 0 saturated heterocycles. The fraction of sp³-hybridized carbons (Fsp3) is 0.143. The van der Waals surface area contributed by atoms with Crippen molar-refractivity contribution < 1.29 is 18.4 Å². The van der Waals surface area contributed by atoms with Crippen LogP contribution >= 0.6 is 0 Å². The van der Waals surface area contributed by atoms with Gasteiger partial charge in [-0.3, -0.25) is 9.59 Å². The Morgan fingerprint density at radius 2 is 1.89 bits per heavy atom. The van der Waals surface area contributed by atoms with E-state index in [9.17, 15) is 9.59 Å². The van der Waals surface area contributed by atoms with Crippen molar-refractivity contribution in [1.82, 2.24) is 4.90 Å². The molecule has 0 unspecified atom stereocenters. The molecule has 1 aliphatic heterocycles. The minimum Gasteiger partial charge on any atom is -0.465 e. The zero-order valence-corrected chi connectivity index (χ0v) is 14.6. The quantitative estimate of drug-likeness (QED) is 0.718. The predicted molar refractivity (Wildman–Crippen MR) is 100.0 cm³/mol. The fourth-order valence-corrected chi connectivity index (χ4v) is 3.09. The lowest BCUT2D eigenvalue weighted by Gasteiger charge is -2.28. The number of amides is 2. The third-order valence-corrected chi connectivity index (χ3v) is 4.45. The lowest BCUT2D eigenvalue weighted by molar-refractivity contribution is -0.111. The average Bonchev–Trinajstić information content (AvgIpc) is 3.39. The summed E-state index contributed by atoms with van der Waals surface area (Å²) in [5.74, 6) is 0.584. The van der Waals surface area contributed by atoms with E-state index in [1.807, 2.05) is 18.2 Å². The molecule has 136 valence electrons. The summed E-state index contributed by atoms with van der Waals surface area (Å²) < 4.78 is 10.4. The van der Waals surface area contributed by atoms with Gasteiger partial charge in [0.15, 0.2) is 5.76 Å². The van der Waals surface area contributed by atoms with Crippen LogP contribution in [0.4, 0.5) is 5.69 Å². The van der Waals surface area contributed by atoms with Crippen LogP contribution in [-0.2, 0) is 17.8 Å². The minimum absolute atomic E-state index is 0.124. The fourth-order valence-electron chi connectivity index (χ4n) is 3.09. The van der Waals surface area contributed by atoms with Gasteiger partial charge < -0.3 is 19.1 Å². The van der Waals surface area contributed by atoms with Crippen LogP contribution in [-0.4, -0.2) is 23.3 Å². The first-order valence-corrected chi connectivity index (χ1v) is 8.66. The van der Waals surface area contributed by atoms with Crippen molar-refractivity contribution in [3.63, 3.8) is 0 Å². The summed E-state index contributed by atoms with van der Waals surface area (Å²) in [6.07, 6.45) is 6.85. The Balaban J connectivity index is 1.44. The van der Waals surface area contributed by atoms with Crippen LogP contribution < -0.4 is 5.32 Å². The van der Waals surface area contributed by atoms with Gasteiger partial charge in [0.25, 0.3) is 5.91 Å². The number of carbonyl (C=O) groups excluding carboxylic acids is 2. The van der Waals surface area contributed by atoms with Gasteiger partial charge in [0.1, 0.15) is 5.76 Å². The second-order valence-corrected chi connectivity index (χ2v) is 6.28. The molecular weight excluding hydrogens is 344 g/mol. The van der Waals surface area contributed by atoms with Crippen molar-refractivity contribution in [2.24, 2.45) is 0 Å². The molecule has 0 bridgehead atoms. The third kappa shape index (κ3) is 3.84. The number of furan rings is 2. The van der Waals surface area contributed by atoms with Gasteiger partial charge in [-0.15, -0.1) is 0 Å². The molecule has 1 aliphatic rings. The number of fused-ring (bicyclic) bond motifs is 1. The topological polar surface area (TPSA) is 75.7 Å². The van der Waals surface area contributed by atoms with Crippen LogP contribution in [0, 0.1) is 0 Å². The highest BCUT2D eigenvalue weighted by atomic mass is 16.3. The first kappa shape index (κ1) is 16.9. The van der Waals surface area contributed by atoms with Crippen LogP contribution in [0.25, 0.3) is 6.08 Å². The zero-order valence-electron chi connectivity index (χ0n) is 14.6. The molecule has 1 aromatic carbocycles. The molecule has 1 N–H and O–H groups in total. The number of hydrogen-bond donors (Lipinski definition) is 1. The Kier molecular flexibility index (Phi) is 4.61. The van der Waals surface area contributed by atoms with E-state index in [1.54, 1.807) is 41.5 Å². The maximum absolute atomic E-state index is 12.5. The molecule has 0 spiro atoms. The molecule has 4 rings (SSSR count). The minimum atomic E-state index is -0.245. The zero-order chi connectivity index (χ0) is 18.6. The van der Waals surface area contributed by atoms with Gasteiger partial charge in [-0.2, -0.15) is 0 Å². The molecular formula is C21H18N2O4. The van der Waals surface area contributed by atoms with E-state index in [-0.39, 0.29) is 11.8 Å². The molecule has 3 heterocycles. The van der Waals surface area contributed by atoms with Gasteiger partial charge in [-0.25, -0.2) is 0 Å². The van der Waals surface area contributed by atoms with Crippen LogP contribution in [0.5, 0.6) is 0 Å². The van der Waals surface area contributed by atoms with Crippen molar-refractivity contribution in [2.45, 2.75) is 13.0 Å². The van der Waals surface area contributed by atoms with Crippen molar-refractivity contribution in [2.75, 3.05) is 11.9 Å². The van der Waals surface area contributed by atoms with Gasteiger partial charge >= 0.3 is 0 Å². The maximum Gasteiger partial charge on any atom is 0.289 e. The highest BCUT2D eigenvalue weighted by Gasteiger charge is 2.23.